The minimum atomic E-state index is -0.377. The number of amides is 1. The van der Waals surface area contributed by atoms with E-state index in [9.17, 15) is 9.90 Å². The summed E-state index contributed by atoms with van der Waals surface area (Å²) in [5.41, 5.74) is 4.86. The Bertz CT molecular complexity index is 752. The molecule has 25 heavy (non-hydrogen) atoms. The van der Waals surface area contributed by atoms with Crippen LogP contribution in [0.15, 0.2) is 60.2 Å². The highest BCUT2D eigenvalue weighted by molar-refractivity contribution is 5.86. The van der Waals surface area contributed by atoms with Crippen LogP contribution < -0.4 is 10.2 Å². The molecule has 2 N–H and O–H groups in total. The molecule has 1 amide bonds. The molecular weight excluding hydrogens is 316 g/mol. The number of hydrogen-bond acceptors (Lipinski definition) is 4. The zero-order valence-electron chi connectivity index (χ0n) is 14.2. The average molecular weight is 338 g/mol. The molecule has 0 unspecified atom stereocenters. The number of aryl methyl sites for hydroxylation is 1. The maximum atomic E-state index is 11.8. The minimum absolute atomic E-state index is 0.132. The molecule has 0 aliphatic heterocycles. The van der Waals surface area contributed by atoms with Crippen molar-refractivity contribution >= 4 is 12.1 Å². The van der Waals surface area contributed by atoms with E-state index in [1.807, 2.05) is 36.4 Å². The van der Waals surface area contributed by atoms with Crippen molar-refractivity contribution in [3.8, 4) is 11.5 Å². The Kier molecular flexibility index (Phi) is 6.77. The highest BCUT2D eigenvalue weighted by atomic mass is 16.5. The molecule has 0 radical (unpaired) electrons. The zero-order chi connectivity index (χ0) is 18.1. The number of aromatic hydroxyl groups is 1. The summed E-state index contributed by atoms with van der Waals surface area (Å²) >= 11 is 0. The van der Waals surface area contributed by atoms with E-state index in [-0.39, 0.29) is 18.3 Å². The number of benzene rings is 2. The molecule has 130 valence electrons. The lowest BCUT2D eigenvalue weighted by Crippen LogP contribution is -2.24. The molecule has 0 bridgehead atoms. The summed E-state index contributed by atoms with van der Waals surface area (Å²) in [7, 11) is 0. The second kappa shape index (κ2) is 9.27. The van der Waals surface area contributed by atoms with Crippen LogP contribution in [-0.2, 0) is 17.6 Å². The van der Waals surface area contributed by atoms with Crippen molar-refractivity contribution in [2.45, 2.75) is 19.8 Å². The number of para-hydroxylation sites is 1. The van der Waals surface area contributed by atoms with Gasteiger partial charge in [0.25, 0.3) is 5.91 Å². The van der Waals surface area contributed by atoms with Crippen LogP contribution in [0.1, 0.15) is 23.6 Å². The van der Waals surface area contributed by atoms with Gasteiger partial charge in [0, 0.05) is 5.56 Å². The number of carbonyl (C=O) groups excluding carboxylic acids is 1. The van der Waals surface area contributed by atoms with E-state index in [0.717, 1.165) is 12.0 Å². The number of ether oxygens (including phenoxy) is 1. The van der Waals surface area contributed by atoms with Crippen LogP contribution in [0.2, 0.25) is 0 Å². The van der Waals surface area contributed by atoms with Gasteiger partial charge in [0.1, 0.15) is 11.5 Å². The Morgan fingerprint density at radius 3 is 2.72 bits per heavy atom. The number of allylic oxidation sites excluding steroid dienone is 1. The molecule has 0 fully saturated rings. The van der Waals surface area contributed by atoms with Crippen LogP contribution >= 0.6 is 0 Å². The predicted molar refractivity (Wildman–Crippen MR) is 99.1 cm³/mol. The molecule has 5 heteroatoms. The van der Waals surface area contributed by atoms with E-state index in [1.165, 1.54) is 11.8 Å². The molecule has 0 aliphatic rings. The highest BCUT2D eigenvalue weighted by Crippen LogP contribution is 2.21. The highest BCUT2D eigenvalue weighted by Gasteiger charge is 2.05. The van der Waals surface area contributed by atoms with Gasteiger partial charge >= 0.3 is 0 Å². The van der Waals surface area contributed by atoms with Gasteiger partial charge in [0.05, 0.1) is 6.21 Å². The summed E-state index contributed by atoms with van der Waals surface area (Å²) in [4.78, 5) is 11.8. The molecule has 2 aromatic carbocycles. The van der Waals surface area contributed by atoms with E-state index >= 15 is 0 Å². The van der Waals surface area contributed by atoms with Gasteiger partial charge in [0.15, 0.2) is 6.61 Å². The lowest BCUT2D eigenvalue weighted by molar-refractivity contribution is -0.123. The van der Waals surface area contributed by atoms with Crippen LogP contribution in [0.25, 0.3) is 0 Å². The third-order valence-electron chi connectivity index (χ3n) is 3.61. The first-order chi connectivity index (χ1) is 12.1. The first kappa shape index (κ1) is 18.3. The number of phenols is 1. The van der Waals surface area contributed by atoms with E-state index in [1.54, 1.807) is 12.1 Å². The van der Waals surface area contributed by atoms with Crippen molar-refractivity contribution < 1.29 is 14.6 Å². The van der Waals surface area contributed by atoms with Gasteiger partial charge in [0.2, 0.25) is 0 Å². The van der Waals surface area contributed by atoms with Crippen LogP contribution in [0.3, 0.4) is 0 Å². The largest absolute Gasteiger partial charge is 0.507 e. The number of nitrogens with one attached hydrogen (secondary N) is 1. The van der Waals surface area contributed by atoms with Crippen molar-refractivity contribution in [1.29, 1.82) is 0 Å². The van der Waals surface area contributed by atoms with E-state index in [4.69, 9.17) is 4.74 Å². The fourth-order valence-corrected chi connectivity index (χ4v) is 2.21. The second-order valence-electron chi connectivity index (χ2n) is 5.43. The van der Waals surface area contributed by atoms with Crippen molar-refractivity contribution in [1.82, 2.24) is 5.43 Å². The SMILES string of the molecule is C=CCc1cccc(/C=N/NC(=O)COc2ccc(CC)cc2)c1O. The molecule has 0 aliphatic carbocycles. The van der Waals surface area contributed by atoms with Gasteiger partial charge < -0.3 is 9.84 Å². The summed E-state index contributed by atoms with van der Waals surface area (Å²) in [6.45, 7) is 5.59. The summed E-state index contributed by atoms with van der Waals surface area (Å²) in [6, 6.07) is 12.9. The summed E-state index contributed by atoms with van der Waals surface area (Å²) in [5.74, 6) is 0.385. The molecular formula is C20H22N2O3. The zero-order valence-corrected chi connectivity index (χ0v) is 14.2. The van der Waals surface area contributed by atoms with E-state index < -0.39 is 0 Å². The number of hydrogen-bond donors (Lipinski definition) is 2. The Morgan fingerprint density at radius 1 is 1.28 bits per heavy atom. The molecule has 0 saturated carbocycles. The van der Waals surface area contributed by atoms with Crippen molar-refractivity contribution in [3.63, 3.8) is 0 Å². The van der Waals surface area contributed by atoms with Crippen molar-refractivity contribution in [3.05, 3.63) is 71.8 Å². The van der Waals surface area contributed by atoms with Crippen LogP contribution in [-0.4, -0.2) is 23.8 Å². The van der Waals surface area contributed by atoms with Crippen LogP contribution in [0, 0.1) is 0 Å². The van der Waals surface area contributed by atoms with Gasteiger partial charge in [-0.15, -0.1) is 6.58 Å². The Labute approximate surface area is 147 Å². The van der Waals surface area contributed by atoms with E-state index in [0.29, 0.717) is 17.7 Å². The van der Waals surface area contributed by atoms with E-state index in [2.05, 4.69) is 24.0 Å². The topological polar surface area (TPSA) is 70.9 Å². The maximum absolute atomic E-state index is 11.8. The maximum Gasteiger partial charge on any atom is 0.277 e. The summed E-state index contributed by atoms with van der Waals surface area (Å²) < 4.78 is 5.40. The molecule has 0 saturated heterocycles. The molecule has 0 spiro atoms. The number of rotatable bonds is 8. The molecule has 5 nitrogen and oxygen atoms in total. The van der Waals surface area contributed by atoms with Crippen LogP contribution in [0.5, 0.6) is 11.5 Å². The summed E-state index contributed by atoms with van der Waals surface area (Å²) in [6.07, 6.45) is 4.62. The molecule has 0 aromatic heterocycles. The number of phenolic OH excluding ortho intramolecular Hbond substituents is 1. The Balaban J connectivity index is 1.85. The minimum Gasteiger partial charge on any atom is -0.507 e. The Hall–Kier alpha value is -3.08. The van der Waals surface area contributed by atoms with Gasteiger partial charge in [-0.1, -0.05) is 37.3 Å². The smallest absolute Gasteiger partial charge is 0.277 e. The predicted octanol–water partition coefficient (Wildman–Crippen LogP) is 3.21. The average Bonchev–Trinajstić information content (AvgIpc) is 2.63. The first-order valence-electron chi connectivity index (χ1n) is 8.09. The quantitative estimate of drug-likeness (QED) is 0.441. The lowest BCUT2D eigenvalue weighted by atomic mass is 10.1. The van der Waals surface area contributed by atoms with Gasteiger partial charge in [-0.25, -0.2) is 5.43 Å². The van der Waals surface area contributed by atoms with Crippen LogP contribution in [0.4, 0.5) is 0 Å². The fourth-order valence-electron chi connectivity index (χ4n) is 2.21. The standard InChI is InChI=1S/C20H22N2O3/c1-3-6-16-7-5-8-17(20(16)24)13-21-22-19(23)14-25-18-11-9-15(4-2)10-12-18/h3,5,7-13,24H,1,4,6,14H2,2H3,(H,22,23)/b21-13+. The summed E-state index contributed by atoms with van der Waals surface area (Å²) in [5, 5.41) is 14.0. The molecule has 0 heterocycles. The van der Waals surface area contributed by atoms with Crippen molar-refractivity contribution in [2.24, 2.45) is 5.10 Å². The lowest BCUT2D eigenvalue weighted by Gasteiger charge is -2.06. The van der Waals surface area contributed by atoms with Gasteiger partial charge in [-0.2, -0.15) is 5.10 Å². The second-order valence-corrected chi connectivity index (χ2v) is 5.43. The van der Waals surface area contributed by atoms with Crippen molar-refractivity contribution in [2.75, 3.05) is 6.61 Å². The third-order valence-corrected chi connectivity index (χ3v) is 3.61. The first-order valence-corrected chi connectivity index (χ1v) is 8.09. The van der Waals surface area contributed by atoms with Gasteiger partial charge in [-0.05, 0) is 42.2 Å². The molecule has 2 aromatic rings. The number of carbonyl (C=O) groups is 1. The number of nitrogens with zero attached hydrogens (tertiary/aromatic N) is 1. The third kappa shape index (κ3) is 5.49. The van der Waals surface area contributed by atoms with Gasteiger partial charge in [-0.3, -0.25) is 4.79 Å². The Morgan fingerprint density at radius 2 is 2.04 bits per heavy atom. The fraction of sp³-hybridized carbons (Fsp3) is 0.200. The number of hydrazone groups is 1. The normalized spacial score (nSPS) is 10.6. The monoisotopic (exact) mass is 338 g/mol. The molecule has 2 rings (SSSR count). The molecule has 0 atom stereocenters.